The van der Waals surface area contributed by atoms with Crippen molar-refractivity contribution in [2.45, 2.75) is 6.61 Å². The lowest BCUT2D eigenvalue weighted by atomic mass is 10.2. The van der Waals surface area contributed by atoms with Gasteiger partial charge in [-0.15, -0.1) is 6.42 Å². The normalized spacial score (nSPS) is 10.6. The summed E-state index contributed by atoms with van der Waals surface area (Å²) in [4.78, 5) is 3.98. The van der Waals surface area contributed by atoms with Crippen molar-refractivity contribution in [3.63, 3.8) is 0 Å². The molecule has 5 nitrogen and oxygen atoms in total. The summed E-state index contributed by atoms with van der Waals surface area (Å²) in [6, 6.07) is 3.05. The summed E-state index contributed by atoms with van der Waals surface area (Å²) in [5.74, 6) is 2.25. The summed E-state index contributed by atoms with van der Waals surface area (Å²) in [5, 5.41) is 3.96. The van der Waals surface area contributed by atoms with E-state index >= 15 is 0 Å². The van der Waals surface area contributed by atoms with Crippen LogP contribution in [-0.4, -0.2) is 28.0 Å². The van der Waals surface area contributed by atoms with Gasteiger partial charge in [0.25, 0.3) is 0 Å². The first kappa shape index (κ1) is 16.3. The van der Waals surface area contributed by atoms with Crippen LogP contribution in [0.1, 0.15) is 0 Å². The van der Waals surface area contributed by atoms with Gasteiger partial charge >= 0.3 is 6.61 Å². The van der Waals surface area contributed by atoms with E-state index in [2.05, 4.69) is 20.7 Å². The molecular weight excluding hydrogens is 339 g/mol. The molecule has 2 aromatic rings. The smallest absolute Gasteiger partial charge is 0.388 e. The van der Waals surface area contributed by atoms with Crippen LogP contribution < -0.4 is 9.47 Å². The van der Waals surface area contributed by atoms with Gasteiger partial charge in [-0.1, -0.05) is 29.1 Å². The zero-order valence-electron chi connectivity index (χ0n) is 11.2. The van der Waals surface area contributed by atoms with Crippen LogP contribution >= 0.6 is 23.2 Å². The van der Waals surface area contributed by atoms with Gasteiger partial charge in [0.2, 0.25) is 11.8 Å². The Bertz CT molecular complexity index is 729. The Morgan fingerprint density at radius 2 is 2.14 bits per heavy atom. The van der Waals surface area contributed by atoms with Gasteiger partial charge in [-0.25, -0.2) is 9.67 Å². The molecule has 0 aromatic carbocycles. The highest BCUT2D eigenvalue weighted by molar-refractivity contribution is 6.36. The van der Waals surface area contributed by atoms with Crippen molar-refractivity contribution < 1.29 is 18.3 Å². The summed E-state index contributed by atoms with van der Waals surface area (Å²) < 4.78 is 35.2. The molecule has 2 heterocycles. The Hall–Kier alpha value is -2.04. The van der Waals surface area contributed by atoms with Gasteiger partial charge in [-0.05, 0) is 6.07 Å². The number of hydrogen-bond donors (Lipinski definition) is 0. The molecule has 0 N–H and O–H groups in total. The quantitative estimate of drug-likeness (QED) is 0.614. The molecule has 0 fully saturated rings. The maximum atomic E-state index is 12.3. The van der Waals surface area contributed by atoms with Crippen LogP contribution in [0.25, 0.3) is 11.3 Å². The second-order valence-corrected chi connectivity index (χ2v) is 4.69. The predicted molar refractivity (Wildman–Crippen MR) is 77.4 cm³/mol. The predicted octanol–water partition coefficient (Wildman–Crippen LogP) is 3.40. The van der Waals surface area contributed by atoms with Gasteiger partial charge in [0.15, 0.2) is 6.61 Å². The van der Waals surface area contributed by atoms with E-state index in [4.69, 9.17) is 34.4 Å². The Kier molecular flexibility index (Phi) is 5.06. The average Bonchev–Trinajstić information content (AvgIpc) is 2.73. The molecule has 0 spiro atoms. The molecular formula is C13H9Cl2F2N3O2. The molecule has 0 amide bonds. The fourth-order valence-corrected chi connectivity index (χ4v) is 2.20. The molecule has 0 bridgehead atoms. The van der Waals surface area contributed by atoms with Gasteiger partial charge in [0.1, 0.15) is 15.9 Å². The first-order chi connectivity index (χ1) is 10.4. The minimum Gasteiger partial charge on any atom is -0.464 e. The largest absolute Gasteiger partial charge is 0.464 e. The van der Waals surface area contributed by atoms with Crippen LogP contribution in [0.3, 0.4) is 0 Å². The van der Waals surface area contributed by atoms with E-state index in [-0.39, 0.29) is 34.2 Å². The number of rotatable bonds is 5. The number of aromatic nitrogens is 3. The number of ether oxygens (including phenoxy) is 2. The number of nitrogens with zero attached hydrogens (tertiary/aromatic N) is 3. The minimum absolute atomic E-state index is 0.0399. The van der Waals surface area contributed by atoms with Crippen molar-refractivity contribution in [2.75, 3.05) is 6.61 Å². The number of aryl methyl sites for hydroxylation is 1. The van der Waals surface area contributed by atoms with Gasteiger partial charge in [-0.3, -0.25) is 0 Å². The van der Waals surface area contributed by atoms with Crippen LogP contribution in [0.5, 0.6) is 11.8 Å². The molecule has 0 aliphatic heterocycles. The van der Waals surface area contributed by atoms with Crippen LogP contribution in [0, 0.1) is 12.3 Å². The third-order valence-corrected chi connectivity index (χ3v) is 3.15. The van der Waals surface area contributed by atoms with E-state index in [1.165, 1.54) is 13.1 Å². The molecule has 0 unspecified atom stereocenters. The standard InChI is InChI=1S/C13H9Cl2F2N3O2/c1-3-6-21-8-5-4-7(11(15)18-8)10-9(14)12(20(2)19-10)22-13(16)17/h1,4-5,13H,6H2,2H3. The third kappa shape index (κ3) is 3.40. The molecule has 2 rings (SSSR count). The van der Waals surface area contributed by atoms with E-state index in [0.717, 1.165) is 4.68 Å². The van der Waals surface area contributed by atoms with Gasteiger partial charge in [0.05, 0.1) is 0 Å². The van der Waals surface area contributed by atoms with Crippen LogP contribution in [-0.2, 0) is 7.05 Å². The molecule has 0 aliphatic rings. The van der Waals surface area contributed by atoms with Crippen molar-refractivity contribution >= 4 is 23.2 Å². The number of alkyl halides is 2. The van der Waals surface area contributed by atoms with Crippen molar-refractivity contribution in [3.8, 4) is 35.4 Å². The third-order valence-electron chi connectivity index (χ3n) is 2.52. The Balaban J connectivity index is 2.38. The van der Waals surface area contributed by atoms with Crippen molar-refractivity contribution in [3.05, 3.63) is 22.3 Å². The second kappa shape index (κ2) is 6.81. The zero-order chi connectivity index (χ0) is 16.3. The van der Waals surface area contributed by atoms with Crippen LogP contribution in [0.2, 0.25) is 10.2 Å². The lowest BCUT2D eigenvalue weighted by Gasteiger charge is -2.05. The monoisotopic (exact) mass is 347 g/mol. The summed E-state index contributed by atoms with van der Waals surface area (Å²) in [6.07, 6.45) is 5.07. The van der Waals surface area contributed by atoms with Gasteiger partial charge in [-0.2, -0.15) is 13.9 Å². The summed E-state index contributed by atoms with van der Waals surface area (Å²) in [5.41, 5.74) is 0.514. The summed E-state index contributed by atoms with van der Waals surface area (Å²) in [7, 11) is 1.42. The van der Waals surface area contributed by atoms with E-state index in [1.807, 2.05) is 0 Å². The lowest BCUT2D eigenvalue weighted by Crippen LogP contribution is -2.06. The first-order valence-electron chi connectivity index (χ1n) is 5.84. The highest BCUT2D eigenvalue weighted by atomic mass is 35.5. The molecule has 0 saturated heterocycles. The molecule has 0 atom stereocenters. The maximum absolute atomic E-state index is 12.3. The summed E-state index contributed by atoms with van der Waals surface area (Å²) in [6.45, 7) is -2.98. The minimum atomic E-state index is -3.02. The number of halogens is 4. The number of pyridine rings is 1. The van der Waals surface area contributed by atoms with Crippen LogP contribution in [0.15, 0.2) is 12.1 Å². The number of hydrogen-bond acceptors (Lipinski definition) is 4. The highest BCUT2D eigenvalue weighted by Gasteiger charge is 2.22. The molecule has 0 saturated carbocycles. The molecule has 116 valence electrons. The van der Waals surface area contributed by atoms with E-state index < -0.39 is 6.61 Å². The second-order valence-electron chi connectivity index (χ2n) is 3.95. The van der Waals surface area contributed by atoms with E-state index in [0.29, 0.717) is 5.56 Å². The van der Waals surface area contributed by atoms with Crippen molar-refractivity contribution in [2.24, 2.45) is 7.05 Å². The molecule has 2 aromatic heterocycles. The average molecular weight is 348 g/mol. The Morgan fingerprint density at radius 1 is 1.41 bits per heavy atom. The van der Waals surface area contributed by atoms with E-state index in [1.54, 1.807) is 6.07 Å². The first-order valence-corrected chi connectivity index (χ1v) is 6.60. The van der Waals surface area contributed by atoms with Gasteiger partial charge in [0, 0.05) is 18.7 Å². The fraction of sp³-hybridized carbons (Fsp3) is 0.231. The fourth-order valence-electron chi connectivity index (χ4n) is 1.66. The van der Waals surface area contributed by atoms with Gasteiger partial charge < -0.3 is 9.47 Å². The Morgan fingerprint density at radius 3 is 2.73 bits per heavy atom. The topological polar surface area (TPSA) is 49.2 Å². The van der Waals surface area contributed by atoms with E-state index in [9.17, 15) is 8.78 Å². The van der Waals surface area contributed by atoms with Crippen molar-refractivity contribution in [1.82, 2.24) is 14.8 Å². The van der Waals surface area contributed by atoms with Crippen molar-refractivity contribution in [1.29, 1.82) is 0 Å². The molecule has 9 heteroatoms. The zero-order valence-corrected chi connectivity index (χ0v) is 12.7. The molecule has 22 heavy (non-hydrogen) atoms. The Labute approximate surface area is 134 Å². The molecule has 0 radical (unpaired) electrons. The maximum Gasteiger partial charge on any atom is 0.388 e. The number of terminal acetylenes is 1. The molecule has 0 aliphatic carbocycles. The summed E-state index contributed by atoms with van der Waals surface area (Å²) >= 11 is 12.1. The van der Waals surface area contributed by atoms with Crippen LogP contribution in [0.4, 0.5) is 8.78 Å². The SMILES string of the molecule is C#CCOc1ccc(-c2nn(C)c(OC(F)F)c2Cl)c(Cl)n1. The highest BCUT2D eigenvalue weighted by Crippen LogP contribution is 2.38. The lowest BCUT2D eigenvalue weighted by molar-refractivity contribution is -0.0552.